The molecule has 0 spiro atoms. The summed E-state index contributed by atoms with van der Waals surface area (Å²) >= 11 is 0. The van der Waals surface area contributed by atoms with Crippen LogP contribution in [-0.2, 0) is 0 Å². The van der Waals surface area contributed by atoms with E-state index in [4.69, 9.17) is 0 Å². The van der Waals surface area contributed by atoms with E-state index in [0.29, 0.717) is 12.1 Å². The molecule has 4 heteroatoms. The molecular formula is C11H22N4. The lowest BCUT2D eigenvalue weighted by Gasteiger charge is -2.35. The van der Waals surface area contributed by atoms with Crippen molar-refractivity contribution in [3.8, 4) is 0 Å². The summed E-state index contributed by atoms with van der Waals surface area (Å²) in [7, 11) is 2.19. The van der Waals surface area contributed by atoms with Crippen LogP contribution in [0.4, 0.5) is 0 Å². The summed E-state index contributed by atoms with van der Waals surface area (Å²) in [6, 6.07) is 1.27. The van der Waals surface area contributed by atoms with Gasteiger partial charge in [0, 0.05) is 18.6 Å². The van der Waals surface area contributed by atoms with Gasteiger partial charge in [-0.15, -0.1) is 10.2 Å². The molecule has 0 bridgehead atoms. The molecule has 0 saturated carbocycles. The van der Waals surface area contributed by atoms with E-state index in [1.807, 2.05) is 26.5 Å². The second-order valence-corrected chi connectivity index (χ2v) is 3.92. The smallest absolute Gasteiger partial charge is 0.119 e. The minimum Gasteiger partial charge on any atom is -0.317 e. The van der Waals surface area contributed by atoms with Crippen LogP contribution in [0.25, 0.3) is 0 Å². The van der Waals surface area contributed by atoms with Gasteiger partial charge >= 0.3 is 0 Å². The molecule has 2 atom stereocenters. The fraction of sp³-hybridized carbons (Fsp3) is 0.818. The molecule has 1 aliphatic rings. The third-order valence-electron chi connectivity index (χ3n) is 3.04. The molecule has 15 heavy (non-hydrogen) atoms. The van der Waals surface area contributed by atoms with Gasteiger partial charge in [0.05, 0.1) is 0 Å². The number of hydrogen-bond acceptors (Lipinski definition) is 3. The van der Waals surface area contributed by atoms with Crippen molar-refractivity contribution in [2.75, 3.05) is 13.6 Å². The lowest BCUT2D eigenvalue weighted by atomic mass is 9.99. The van der Waals surface area contributed by atoms with Gasteiger partial charge in [0.2, 0.25) is 0 Å². The van der Waals surface area contributed by atoms with Gasteiger partial charge in [-0.2, -0.15) is 0 Å². The summed E-state index contributed by atoms with van der Waals surface area (Å²) < 4.78 is 2.13. The minimum absolute atomic E-state index is 0.598. The number of aromatic nitrogens is 3. The van der Waals surface area contributed by atoms with Crippen molar-refractivity contribution in [3.05, 3.63) is 12.7 Å². The monoisotopic (exact) mass is 210 g/mol. The molecule has 0 aliphatic carbocycles. The number of hydrogen-bond donors (Lipinski definition) is 0. The molecule has 2 unspecified atom stereocenters. The van der Waals surface area contributed by atoms with Crippen LogP contribution in [0.2, 0.25) is 0 Å². The van der Waals surface area contributed by atoms with Gasteiger partial charge in [-0.1, -0.05) is 13.8 Å². The van der Waals surface area contributed by atoms with Gasteiger partial charge in [-0.05, 0) is 26.8 Å². The van der Waals surface area contributed by atoms with Crippen LogP contribution in [-0.4, -0.2) is 39.3 Å². The highest BCUT2D eigenvalue weighted by atomic mass is 15.3. The first-order valence-electron chi connectivity index (χ1n) is 5.81. The Hall–Kier alpha value is -0.900. The average molecular weight is 210 g/mol. The SMILES string of the molecule is CC.CC1CC(n2cnnc2)CCN1C. The largest absolute Gasteiger partial charge is 0.317 e. The summed E-state index contributed by atoms with van der Waals surface area (Å²) in [4.78, 5) is 2.40. The maximum Gasteiger partial charge on any atom is 0.119 e. The highest BCUT2D eigenvalue weighted by Gasteiger charge is 2.23. The van der Waals surface area contributed by atoms with Gasteiger partial charge in [0.15, 0.2) is 0 Å². The third-order valence-corrected chi connectivity index (χ3v) is 3.04. The van der Waals surface area contributed by atoms with Crippen molar-refractivity contribution in [1.29, 1.82) is 0 Å². The number of nitrogens with zero attached hydrogens (tertiary/aromatic N) is 4. The molecule has 0 radical (unpaired) electrons. The van der Waals surface area contributed by atoms with Crippen LogP contribution in [0.15, 0.2) is 12.7 Å². The maximum absolute atomic E-state index is 3.84. The van der Waals surface area contributed by atoms with E-state index in [0.717, 1.165) is 0 Å². The van der Waals surface area contributed by atoms with Gasteiger partial charge < -0.3 is 9.47 Å². The van der Waals surface area contributed by atoms with Crippen molar-refractivity contribution in [3.63, 3.8) is 0 Å². The van der Waals surface area contributed by atoms with Crippen LogP contribution in [0.3, 0.4) is 0 Å². The predicted octanol–water partition coefficient (Wildman–Crippen LogP) is 1.96. The first kappa shape index (κ1) is 12.2. The molecule has 2 rings (SSSR count). The second kappa shape index (κ2) is 5.85. The Kier molecular flexibility index (Phi) is 4.75. The van der Waals surface area contributed by atoms with E-state index in [1.165, 1.54) is 19.4 Å². The van der Waals surface area contributed by atoms with E-state index >= 15 is 0 Å². The lowest BCUT2D eigenvalue weighted by Crippen LogP contribution is -2.38. The lowest BCUT2D eigenvalue weighted by molar-refractivity contribution is 0.156. The number of likely N-dealkylation sites (tertiary alicyclic amines) is 1. The molecule has 2 heterocycles. The van der Waals surface area contributed by atoms with Crippen LogP contribution >= 0.6 is 0 Å². The summed E-state index contributed by atoms with van der Waals surface area (Å²) in [5.41, 5.74) is 0. The van der Waals surface area contributed by atoms with Crippen molar-refractivity contribution in [1.82, 2.24) is 19.7 Å². The van der Waals surface area contributed by atoms with Crippen molar-refractivity contribution < 1.29 is 0 Å². The van der Waals surface area contributed by atoms with E-state index < -0.39 is 0 Å². The Morgan fingerprint density at radius 2 is 1.80 bits per heavy atom. The van der Waals surface area contributed by atoms with Crippen LogP contribution in [0.1, 0.15) is 39.7 Å². The average Bonchev–Trinajstić information content (AvgIpc) is 2.78. The normalized spacial score (nSPS) is 26.9. The topological polar surface area (TPSA) is 34.0 Å². The molecule has 1 fully saturated rings. The second-order valence-electron chi connectivity index (χ2n) is 3.92. The highest BCUT2D eigenvalue weighted by molar-refractivity contribution is 4.82. The summed E-state index contributed by atoms with van der Waals surface area (Å²) in [6.07, 6.45) is 6.05. The molecular weight excluding hydrogens is 188 g/mol. The predicted molar refractivity (Wildman–Crippen MR) is 61.7 cm³/mol. The van der Waals surface area contributed by atoms with E-state index in [1.54, 1.807) is 0 Å². The fourth-order valence-corrected chi connectivity index (χ4v) is 1.93. The molecule has 4 nitrogen and oxygen atoms in total. The Morgan fingerprint density at radius 1 is 1.20 bits per heavy atom. The molecule has 1 aromatic heterocycles. The quantitative estimate of drug-likeness (QED) is 0.710. The molecule has 0 N–H and O–H groups in total. The summed E-state index contributed by atoms with van der Waals surface area (Å²) in [5.74, 6) is 0. The van der Waals surface area contributed by atoms with Gasteiger partial charge in [0.25, 0.3) is 0 Å². The Bertz CT molecular complexity index is 258. The van der Waals surface area contributed by atoms with E-state index in [-0.39, 0.29) is 0 Å². The van der Waals surface area contributed by atoms with Crippen LogP contribution < -0.4 is 0 Å². The zero-order valence-electron chi connectivity index (χ0n) is 10.2. The highest BCUT2D eigenvalue weighted by Crippen LogP contribution is 2.24. The van der Waals surface area contributed by atoms with E-state index in [2.05, 4.69) is 33.6 Å². The molecule has 1 aliphatic heterocycles. The maximum atomic E-state index is 3.84. The van der Waals surface area contributed by atoms with Gasteiger partial charge in [-0.3, -0.25) is 0 Å². The standard InChI is InChI=1S/C9H16N4.C2H6/c1-8-5-9(3-4-12(8)2)13-6-10-11-7-13;1-2/h6-9H,3-5H2,1-2H3;1-2H3. The van der Waals surface area contributed by atoms with Crippen molar-refractivity contribution in [2.24, 2.45) is 0 Å². The Morgan fingerprint density at radius 3 is 2.33 bits per heavy atom. The van der Waals surface area contributed by atoms with Crippen LogP contribution in [0, 0.1) is 0 Å². The molecule has 86 valence electrons. The molecule has 0 aromatic carbocycles. The number of rotatable bonds is 1. The molecule has 1 aromatic rings. The third kappa shape index (κ3) is 3.02. The number of piperidine rings is 1. The Balaban J connectivity index is 0.000000531. The zero-order chi connectivity index (χ0) is 11.3. The van der Waals surface area contributed by atoms with Crippen molar-refractivity contribution in [2.45, 2.75) is 45.7 Å². The van der Waals surface area contributed by atoms with Gasteiger partial charge in [-0.25, -0.2) is 0 Å². The van der Waals surface area contributed by atoms with E-state index in [9.17, 15) is 0 Å². The summed E-state index contributed by atoms with van der Waals surface area (Å²) in [6.45, 7) is 7.44. The van der Waals surface area contributed by atoms with Crippen molar-refractivity contribution >= 4 is 0 Å². The van der Waals surface area contributed by atoms with Crippen LogP contribution in [0.5, 0.6) is 0 Å². The summed E-state index contributed by atoms with van der Waals surface area (Å²) in [5, 5.41) is 7.68. The Labute approximate surface area is 92.3 Å². The molecule has 0 amide bonds. The molecule has 1 saturated heterocycles. The fourth-order valence-electron chi connectivity index (χ4n) is 1.93. The van der Waals surface area contributed by atoms with Gasteiger partial charge in [0.1, 0.15) is 12.7 Å². The first-order chi connectivity index (χ1) is 7.27. The first-order valence-corrected chi connectivity index (χ1v) is 5.81. The zero-order valence-corrected chi connectivity index (χ0v) is 10.2. The minimum atomic E-state index is 0.598.